The van der Waals surface area contributed by atoms with Gasteiger partial charge in [0.15, 0.2) is 6.29 Å². The Morgan fingerprint density at radius 3 is 2.75 bits per heavy atom. The molecule has 1 aromatic carbocycles. The summed E-state index contributed by atoms with van der Waals surface area (Å²) < 4.78 is 6.87. The summed E-state index contributed by atoms with van der Waals surface area (Å²) in [7, 11) is 1.62. The van der Waals surface area contributed by atoms with Crippen LogP contribution in [0.25, 0.3) is 11.3 Å². The molecule has 2 aromatic rings. The number of nitrogens with two attached hydrogens (primary N) is 1. The summed E-state index contributed by atoms with van der Waals surface area (Å²) in [5.74, 6) is 1.20. The van der Waals surface area contributed by atoms with E-state index in [4.69, 9.17) is 10.5 Å². The van der Waals surface area contributed by atoms with Crippen LogP contribution in [0.1, 0.15) is 29.3 Å². The van der Waals surface area contributed by atoms with Gasteiger partial charge in [0.1, 0.15) is 17.3 Å². The van der Waals surface area contributed by atoms with Crippen LogP contribution >= 0.6 is 0 Å². The smallest absolute Gasteiger partial charge is 0.156 e. The van der Waals surface area contributed by atoms with Gasteiger partial charge in [0.2, 0.25) is 0 Å². The first-order chi connectivity index (χ1) is 9.62. The Balaban J connectivity index is 2.57. The molecule has 0 atom stereocenters. The van der Waals surface area contributed by atoms with E-state index in [0.717, 1.165) is 29.6 Å². The molecule has 2 N–H and O–H groups in total. The first kappa shape index (κ1) is 14.1. The zero-order valence-corrected chi connectivity index (χ0v) is 12.0. The lowest BCUT2D eigenvalue weighted by Crippen LogP contribution is -2.04. The van der Waals surface area contributed by atoms with Crippen LogP contribution < -0.4 is 10.5 Å². The molecule has 0 unspecified atom stereocenters. The molecule has 0 saturated heterocycles. The second kappa shape index (κ2) is 5.77. The molecular formula is C15H19N3O2. The van der Waals surface area contributed by atoms with Crippen molar-refractivity contribution in [2.75, 3.05) is 12.8 Å². The summed E-state index contributed by atoms with van der Waals surface area (Å²) in [6.07, 6.45) is 1.68. The Labute approximate surface area is 118 Å². The first-order valence-corrected chi connectivity index (χ1v) is 6.58. The van der Waals surface area contributed by atoms with Crippen molar-refractivity contribution < 1.29 is 9.53 Å². The Hall–Kier alpha value is -2.30. The quantitative estimate of drug-likeness (QED) is 0.850. The summed E-state index contributed by atoms with van der Waals surface area (Å²) in [5.41, 5.74) is 8.96. The van der Waals surface area contributed by atoms with E-state index in [9.17, 15) is 4.79 Å². The van der Waals surface area contributed by atoms with E-state index in [1.54, 1.807) is 11.8 Å². The second-order valence-electron chi connectivity index (χ2n) is 4.67. The lowest BCUT2D eigenvalue weighted by molar-refractivity contribution is 0.112. The van der Waals surface area contributed by atoms with Crippen molar-refractivity contribution in [1.82, 2.24) is 9.78 Å². The average molecular weight is 273 g/mol. The molecule has 1 heterocycles. The summed E-state index contributed by atoms with van der Waals surface area (Å²) >= 11 is 0. The Morgan fingerprint density at radius 2 is 2.20 bits per heavy atom. The van der Waals surface area contributed by atoms with Crippen LogP contribution in [0.15, 0.2) is 18.2 Å². The maximum atomic E-state index is 11.3. The molecule has 0 radical (unpaired) electrons. The molecule has 0 amide bonds. The largest absolute Gasteiger partial charge is 0.497 e. The highest BCUT2D eigenvalue weighted by atomic mass is 16.5. The highest BCUT2D eigenvalue weighted by Crippen LogP contribution is 2.30. The van der Waals surface area contributed by atoms with E-state index in [-0.39, 0.29) is 0 Å². The number of carbonyl (C=O) groups is 1. The van der Waals surface area contributed by atoms with Crippen molar-refractivity contribution in [3.05, 3.63) is 29.3 Å². The summed E-state index contributed by atoms with van der Waals surface area (Å²) in [4.78, 5) is 11.3. The van der Waals surface area contributed by atoms with Crippen LogP contribution in [0.5, 0.6) is 5.75 Å². The molecule has 0 spiro atoms. The standard InChI is InChI=1S/C15H19N3O2/c1-4-7-18-15(16)13(9-19)14(17-18)12-6-5-11(20-3)8-10(12)2/h5-6,8-9H,4,7,16H2,1-3H3. The fourth-order valence-electron chi connectivity index (χ4n) is 2.22. The van der Waals surface area contributed by atoms with Gasteiger partial charge in [-0.15, -0.1) is 0 Å². The molecule has 2 rings (SSSR count). The van der Waals surface area contributed by atoms with Crippen molar-refractivity contribution in [2.24, 2.45) is 0 Å². The number of methoxy groups -OCH3 is 1. The van der Waals surface area contributed by atoms with Gasteiger partial charge >= 0.3 is 0 Å². The average Bonchev–Trinajstić information content (AvgIpc) is 2.75. The lowest BCUT2D eigenvalue weighted by atomic mass is 10.0. The predicted octanol–water partition coefficient (Wildman–Crippen LogP) is 2.67. The fraction of sp³-hybridized carbons (Fsp3) is 0.333. The second-order valence-corrected chi connectivity index (χ2v) is 4.67. The van der Waals surface area contributed by atoms with Gasteiger partial charge < -0.3 is 10.5 Å². The van der Waals surface area contributed by atoms with E-state index in [1.807, 2.05) is 32.0 Å². The minimum Gasteiger partial charge on any atom is -0.497 e. The number of rotatable bonds is 5. The van der Waals surface area contributed by atoms with Crippen LogP contribution in [0, 0.1) is 6.92 Å². The molecule has 5 nitrogen and oxygen atoms in total. The molecule has 1 aromatic heterocycles. The fourth-order valence-corrected chi connectivity index (χ4v) is 2.22. The van der Waals surface area contributed by atoms with Crippen LogP contribution in [-0.2, 0) is 6.54 Å². The highest BCUT2D eigenvalue weighted by molar-refractivity contribution is 5.92. The van der Waals surface area contributed by atoms with Crippen molar-refractivity contribution >= 4 is 12.1 Å². The Bertz CT molecular complexity index is 632. The number of aldehydes is 1. The maximum absolute atomic E-state index is 11.3. The van der Waals surface area contributed by atoms with Gasteiger partial charge in [-0.05, 0) is 37.1 Å². The van der Waals surface area contributed by atoms with E-state index < -0.39 is 0 Å². The number of anilines is 1. The molecule has 106 valence electrons. The van der Waals surface area contributed by atoms with Gasteiger partial charge in [-0.25, -0.2) is 4.68 Å². The number of hydrogen-bond donors (Lipinski definition) is 1. The normalized spacial score (nSPS) is 10.6. The van der Waals surface area contributed by atoms with E-state index in [2.05, 4.69) is 5.10 Å². The summed E-state index contributed by atoms with van der Waals surface area (Å²) in [5, 5.41) is 4.48. The van der Waals surface area contributed by atoms with Gasteiger partial charge in [0.05, 0.1) is 12.7 Å². The zero-order chi connectivity index (χ0) is 14.7. The molecule has 0 aliphatic carbocycles. The molecule has 0 bridgehead atoms. The zero-order valence-electron chi connectivity index (χ0n) is 12.0. The molecule has 0 fully saturated rings. The molecule has 0 aliphatic rings. The molecule has 5 heteroatoms. The van der Waals surface area contributed by atoms with Crippen molar-refractivity contribution in [3.8, 4) is 17.0 Å². The highest BCUT2D eigenvalue weighted by Gasteiger charge is 2.17. The van der Waals surface area contributed by atoms with Crippen LogP contribution in [0.3, 0.4) is 0 Å². The monoisotopic (exact) mass is 273 g/mol. The topological polar surface area (TPSA) is 70.1 Å². The third-order valence-corrected chi connectivity index (χ3v) is 3.27. The SMILES string of the molecule is CCCn1nc(-c2ccc(OC)cc2C)c(C=O)c1N. The van der Waals surface area contributed by atoms with Gasteiger partial charge in [0, 0.05) is 12.1 Å². The number of benzene rings is 1. The molecule has 20 heavy (non-hydrogen) atoms. The van der Waals surface area contributed by atoms with Crippen LogP contribution in [-0.4, -0.2) is 23.2 Å². The number of nitrogens with zero attached hydrogens (tertiary/aromatic N) is 2. The Kier molecular flexibility index (Phi) is 4.08. The van der Waals surface area contributed by atoms with Gasteiger partial charge in [-0.3, -0.25) is 4.79 Å². The number of aryl methyl sites for hydroxylation is 2. The number of aromatic nitrogens is 2. The number of nitrogen functional groups attached to an aromatic ring is 1. The van der Waals surface area contributed by atoms with Crippen LogP contribution in [0.2, 0.25) is 0 Å². The van der Waals surface area contributed by atoms with E-state index >= 15 is 0 Å². The number of carbonyl (C=O) groups excluding carboxylic acids is 1. The van der Waals surface area contributed by atoms with Crippen molar-refractivity contribution in [1.29, 1.82) is 0 Å². The van der Waals surface area contributed by atoms with Crippen molar-refractivity contribution in [3.63, 3.8) is 0 Å². The molecular weight excluding hydrogens is 254 g/mol. The Morgan fingerprint density at radius 1 is 1.45 bits per heavy atom. The van der Waals surface area contributed by atoms with Crippen molar-refractivity contribution in [2.45, 2.75) is 26.8 Å². The first-order valence-electron chi connectivity index (χ1n) is 6.58. The van der Waals surface area contributed by atoms with Gasteiger partial charge in [0.25, 0.3) is 0 Å². The summed E-state index contributed by atoms with van der Waals surface area (Å²) in [6.45, 7) is 4.70. The lowest BCUT2D eigenvalue weighted by Gasteiger charge is -2.06. The molecule has 0 saturated carbocycles. The summed E-state index contributed by atoms with van der Waals surface area (Å²) in [6, 6.07) is 5.67. The van der Waals surface area contributed by atoms with Gasteiger partial charge in [-0.1, -0.05) is 6.92 Å². The third kappa shape index (κ3) is 2.39. The minimum atomic E-state index is 0.423. The van der Waals surface area contributed by atoms with Gasteiger partial charge in [-0.2, -0.15) is 5.10 Å². The predicted molar refractivity (Wildman–Crippen MR) is 79.0 cm³/mol. The third-order valence-electron chi connectivity index (χ3n) is 3.27. The number of hydrogen-bond acceptors (Lipinski definition) is 4. The molecule has 0 aliphatic heterocycles. The van der Waals surface area contributed by atoms with E-state index in [0.29, 0.717) is 23.6 Å². The van der Waals surface area contributed by atoms with Crippen LogP contribution in [0.4, 0.5) is 5.82 Å². The van der Waals surface area contributed by atoms with E-state index in [1.165, 1.54) is 0 Å². The minimum absolute atomic E-state index is 0.423. The maximum Gasteiger partial charge on any atom is 0.156 e. The number of ether oxygens (including phenoxy) is 1.